The lowest BCUT2D eigenvalue weighted by molar-refractivity contribution is -0.125. The van der Waals surface area contributed by atoms with Crippen molar-refractivity contribution in [3.63, 3.8) is 0 Å². The number of hydrogen-bond donors (Lipinski definition) is 1. The molecule has 154 valence electrons. The molecule has 0 saturated carbocycles. The average Bonchev–Trinajstić information content (AvgIpc) is 2.79. The van der Waals surface area contributed by atoms with Gasteiger partial charge in [-0.3, -0.25) is 4.79 Å². The highest BCUT2D eigenvalue weighted by Crippen LogP contribution is 2.24. The quantitative estimate of drug-likeness (QED) is 0.695. The lowest BCUT2D eigenvalue weighted by Crippen LogP contribution is -2.41. The SMILES string of the molecule is Cc1cc(-c2ccccc2)nc(N2CCC(C(=O)NCc3ccc(F)cc3)CC2)n1. The van der Waals surface area contributed by atoms with Gasteiger partial charge >= 0.3 is 0 Å². The number of nitrogens with one attached hydrogen (secondary N) is 1. The van der Waals surface area contributed by atoms with Crippen molar-refractivity contribution in [1.29, 1.82) is 0 Å². The van der Waals surface area contributed by atoms with Crippen LogP contribution in [-0.4, -0.2) is 29.0 Å². The number of aromatic nitrogens is 2. The Labute approximate surface area is 176 Å². The maximum Gasteiger partial charge on any atom is 0.226 e. The molecule has 0 radical (unpaired) electrons. The molecule has 30 heavy (non-hydrogen) atoms. The molecule has 1 aliphatic rings. The summed E-state index contributed by atoms with van der Waals surface area (Å²) in [6.07, 6.45) is 1.51. The van der Waals surface area contributed by atoms with Gasteiger partial charge < -0.3 is 10.2 Å². The van der Waals surface area contributed by atoms with Crippen LogP contribution in [0.5, 0.6) is 0 Å². The Hall–Kier alpha value is -3.28. The summed E-state index contributed by atoms with van der Waals surface area (Å²) in [5.41, 5.74) is 3.80. The van der Waals surface area contributed by atoms with Crippen LogP contribution >= 0.6 is 0 Å². The predicted octanol–water partition coefficient (Wildman–Crippen LogP) is 4.12. The van der Waals surface area contributed by atoms with Gasteiger partial charge in [0.05, 0.1) is 5.69 Å². The minimum atomic E-state index is -0.272. The molecule has 3 aromatic rings. The number of benzene rings is 2. The molecule has 2 heterocycles. The molecule has 0 aliphatic carbocycles. The Bertz CT molecular complexity index is 999. The Morgan fingerprint density at radius 2 is 1.77 bits per heavy atom. The van der Waals surface area contributed by atoms with E-state index in [0.717, 1.165) is 54.4 Å². The maximum atomic E-state index is 13.0. The van der Waals surface area contributed by atoms with Crippen molar-refractivity contribution < 1.29 is 9.18 Å². The minimum absolute atomic E-state index is 0.0277. The van der Waals surface area contributed by atoms with E-state index in [1.165, 1.54) is 12.1 Å². The summed E-state index contributed by atoms with van der Waals surface area (Å²) in [7, 11) is 0. The molecule has 0 atom stereocenters. The third-order valence-electron chi connectivity index (χ3n) is 5.44. The van der Waals surface area contributed by atoms with E-state index in [1.807, 2.05) is 43.3 Å². The normalized spacial score (nSPS) is 14.5. The molecule has 1 fully saturated rings. The van der Waals surface area contributed by atoms with Gasteiger partial charge in [0.1, 0.15) is 5.82 Å². The Kier molecular flexibility index (Phi) is 6.02. The highest BCUT2D eigenvalue weighted by molar-refractivity contribution is 5.79. The Balaban J connectivity index is 1.35. The van der Waals surface area contributed by atoms with Crippen molar-refractivity contribution in [2.45, 2.75) is 26.3 Å². The molecule has 0 bridgehead atoms. The van der Waals surface area contributed by atoms with Crippen molar-refractivity contribution in [3.8, 4) is 11.3 Å². The van der Waals surface area contributed by atoms with Crippen LogP contribution in [0.15, 0.2) is 60.7 Å². The van der Waals surface area contributed by atoms with Crippen LogP contribution in [-0.2, 0) is 11.3 Å². The highest BCUT2D eigenvalue weighted by Gasteiger charge is 2.26. The van der Waals surface area contributed by atoms with Crippen molar-refractivity contribution in [3.05, 3.63) is 77.7 Å². The van der Waals surface area contributed by atoms with Crippen LogP contribution < -0.4 is 10.2 Å². The molecule has 5 nitrogen and oxygen atoms in total. The van der Waals surface area contributed by atoms with E-state index >= 15 is 0 Å². The first-order chi connectivity index (χ1) is 14.6. The third-order valence-corrected chi connectivity index (χ3v) is 5.44. The van der Waals surface area contributed by atoms with Gasteiger partial charge in [0.2, 0.25) is 11.9 Å². The van der Waals surface area contributed by atoms with E-state index in [0.29, 0.717) is 6.54 Å². The zero-order chi connectivity index (χ0) is 20.9. The van der Waals surface area contributed by atoms with Gasteiger partial charge in [-0.15, -0.1) is 0 Å². The summed E-state index contributed by atoms with van der Waals surface area (Å²) >= 11 is 0. The van der Waals surface area contributed by atoms with Gasteiger partial charge in [0.25, 0.3) is 0 Å². The summed E-state index contributed by atoms with van der Waals surface area (Å²) in [5.74, 6) is 0.472. The number of aryl methyl sites for hydroxylation is 1. The summed E-state index contributed by atoms with van der Waals surface area (Å²) in [6, 6.07) is 18.3. The molecule has 1 N–H and O–H groups in total. The fourth-order valence-corrected chi connectivity index (χ4v) is 3.73. The number of piperidine rings is 1. The highest BCUT2D eigenvalue weighted by atomic mass is 19.1. The number of halogens is 1. The van der Waals surface area contributed by atoms with Crippen molar-refractivity contribution >= 4 is 11.9 Å². The molecule has 0 spiro atoms. The van der Waals surface area contributed by atoms with Crippen molar-refractivity contribution in [1.82, 2.24) is 15.3 Å². The minimum Gasteiger partial charge on any atom is -0.352 e. The summed E-state index contributed by atoms with van der Waals surface area (Å²) < 4.78 is 13.0. The molecule has 1 amide bonds. The molecule has 4 rings (SSSR count). The molecule has 6 heteroatoms. The van der Waals surface area contributed by atoms with Crippen LogP contribution in [0.1, 0.15) is 24.1 Å². The summed E-state index contributed by atoms with van der Waals surface area (Å²) in [5, 5.41) is 2.97. The van der Waals surface area contributed by atoms with E-state index in [1.54, 1.807) is 12.1 Å². The lowest BCUT2D eigenvalue weighted by Gasteiger charge is -2.31. The van der Waals surface area contributed by atoms with E-state index in [2.05, 4.69) is 15.2 Å². The molecule has 1 aromatic heterocycles. The number of amides is 1. The zero-order valence-electron chi connectivity index (χ0n) is 17.0. The van der Waals surface area contributed by atoms with Crippen LogP contribution in [0.3, 0.4) is 0 Å². The molecule has 0 unspecified atom stereocenters. The second kappa shape index (κ2) is 9.03. The molecular formula is C24H25FN4O. The summed E-state index contributed by atoms with van der Waals surface area (Å²) in [6.45, 7) is 3.88. The molecular weight excluding hydrogens is 379 g/mol. The predicted molar refractivity (Wildman–Crippen MR) is 115 cm³/mol. The van der Waals surface area contributed by atoms with Gasteiger partial charge in [0.15, 0.2) is 0 Å². The van der Waals surface area contributed by atoms with Crippen molar-refractivity contribution in [2.24, 2.45) is 5.92 Å². The number of hydrogen-bond acceptors (Lipinski definition) is 4. The number of carbonyl (C=O) groups excluding carboxylic acids is 1. The van der Waals surface area contributed by atoms with E-state index in [-0.39, 0.29) is 17.6 Å². The van der Waals surface area contributed by atoms with E-state index in [4.69, 9.17) is 4.98 Å². The van der Waals surface area contributed by atoms with Crippen molar-refractivity contribution in [2.75, 3.05) is 18.0 Å². The number of rotatable bonds is 5. The Morgan fingerprint density at radius 1 is 1.07 bits per heavy atom. The van der Waals surface area contributed by atoms with Crippen LogP contribution in [0.4, 0.5) is 10.3 Å². The van der Waals surface area contributed by atoms with Gasteiger partial charge in [-0.05, 0) is 43.5 Å². The smallest absolute Gasteiger partial charge is 0.226 e. The van der Waals surface area contributed by atoms with E-state index in [9.17, 15) is 9.18 Å². The number of anilines is 1. The molecule has 2 aromatic carbocycles. The van der Waals surface area contributed by atoms with Gasteiger partial charge in [-0.25, -0.2) is 14.4 Å². The first-order valence-corrected chi connectivity index (χ1v) is 10.3. The molecule has 1 saturated heterocycles. The zero-order valence-corrected chi connectivity index (χ0v) is 17.0. The second-order valence-corrected chi connectivity index (χ2v) is 7.67. The maximum absolute atomic E-state index is 13.0. The van der Waals surface area contributed by atoms with Gasteiger partial charge in [0, 0.05) is 36.8 Å². The monoisotopic (exact) mass is 404 g/mol. The topological polar surface area (TPSA) is 58.1 Å². The number of carbonyl (C=O) groups is 1. The van der Waals surface area contributed by atoms with Crippen LogP contribution in [0, 0.1) is 18.7 Å². The first kappa shape index (κ1) is 20.0. The average molecular weight is 404 g/mol. The van der Waals surface area contributed by atoms with Gasteiger partial charge in [-0.2, -0.15) is 0 Å². The van der Waals surface area contributed by atoms with E-state index < -0.39 is 0 Å². The molecule has 1 aliphatic heterocycles. The van der Waals surface area contributed by atoms with Gasteiger partial charge in [-0.1, -0.05) is 42.5 Å². The fourth-order valence-electron chi connectivity index (χ4n) is 3.73. The van der Waals surface area contributed by atoms with Crippen LogP contribution in [0.2, 0.25) is 0 Å². The second-order valence-electron chi connectivity index (χ2n) is 7.67. The lowest BCUT2D eigenvalue weighted by atomic mass is 9.96. The Morgan fingerprint density at radius 3 is 2.47 bits per heavy atom. The third kappa shape index (κ3) is 4.82. The summed E-state index contributed by atoms with van der Waals surface area (Å²) in [4.78, 5) is 24.1. The van der Waals surface area contributed by atoms with Crippen LogP contribution in [0.25, 0.3) is 11.3 Å². The largest absolute Gasteiger partial charge is 0.352 e. The standard InChI is InChI=1S/C24H25FN4O/c1-17-15-22(19-5-3-2-4-6-19)28-24(27-17)29-13-11-20(12-14-29)23(30)26-16-18-7-9-21(25)10-8-18/h2-10,15,20H,11-14,16H2,1H3,(H,26,30). The fraction of sp³-hybridized carbons (Fsp3) is 0.292. The number of nitrogens with zero attached hydrogens (tertiary/aromatic N) is 3. The first-order valence-electron chi connectivity index (χ1n) is 10.3.